The third-order valence-electron chi connectivity index (χ3n) is 9.40. The number of methoxy groups -OCH3 is 1. The maximum atomic E-state index is 14.4. The van der Waals surface area contributed by atoms with Gasteiger partial charge < -0.3 is 19.3 Å². The molecule has 0 bridgehead atoms. The van der Waals surface area contributed by atoms with Gasteiger partial charge >= 0.3 is 0 Å². The average Bonchev–Trinajstić information content (AvgIpc) is 3.23. The van der Waals surface area contributed by atoms with Crippen LogP contribution in [0.15, 0.2) is 36.4 Å². The van der Waals surface area contributed by atoms with Gasteiger partial charge in [0.05, 0.1) is 37.4 Å². The normalized spacial score (nSPS) is 35.7. The monoisotopic (exact) mass is 514 g/mol. The highest BCUT2D eigenvalue weighted by atomic mass is 28.3. The van der Waals surface area contributed by atoms with Crippen molar-refractivity contribution >= 4 is 13.9 Å². The Morgan fingerprint density at radius 2 is 1.75 bits per heavy atom. The summed E-state index contributed by atoms with van der Waals surface area (Å²) in [4.78, 5) is 14.4. The highest BCUT2D eigenvalue weighted by Gasteiger charge is 2.67. The van der Waals surface area contributed by atoms with E-state index in [1.807, 2.05) is 30.3 Å². The summed E-state index contributed by atoms with van der Waals surface area (Å²) in [6.07, 6.45) is 5.96. The molecule has 0 saturated heterocycles. The molecule has 0 amide bonds. The predicted octanol–water partition coefficient (Wildman–Crippen LogP) is 6.03. The minimum atomic E-state index is -1.24. The highest BCUT2D eigenvalue weighted by Crippen LogP contribution is 2.62. The molecule has 3 aliphatic rings. The smallest absolute Gasteiger partial charge is 0.154 e. The van der Waals surface area contributed by atoms with Gasteiger partial charge in [-0.1, -0.05) is 64.7 Å². The summed E-state index contributed by atoms with van der Waals surface area (Å²) in [7, 11) is 0.423. The van der Waals surface area contributed by atoms with Crippen molar-refractivity contribution in [3.05, 3.63) is 42.0 Å². The van der Waals surface area contributed by atoms with Gasteiger partial charge in [0, 0.05) is 20.1 Å². The Balaban J connectivity index is 1.50. The molecule has 0 heterocycles. The number of carbonyl (C=O) groups is 1. The van der Waals surface area contributed by atoms with Gasteiger partial charge in [-0.3, -0.25) is 4.79 Å². The third-order valence-corrected chi connectivity index (χ3v) is 11.1. The number of benzene rings is 1. The van der Waals surface area contributed by atoms with Crippen LogP contribution in [0, 0.1) is 22.2 Å². The van der Waals surface area contributed by atoms with Gasteiger partial charge in [0.1, 0.15) is 5.75 Å². The van der Waals surface area contributed by atoms with Crippen LogP contribution in [0.2, 0.25) is 25.7 Å². The number of hydrogen-bond donors (Lipinski definition) is 1. The SMILES string of the molecule is COc1ccc(CO[C@H]2CC[C@@]3(C)C(=O)[C@]4(C=CC[C@H]4OCC[Si](C)(C)C)[C@@H](O)C[C@@H]3C2(C)C)cc1. The number of aliphatic hydroxyl groups excluding tert-OH is 1. The van der Waals surface area contributed by atoms with E-state index in [9.17, 15) is 9.90 Å². The molecule has 1 spiro atoms. The van der Waals surface area contributed by atoms with Crippen molar-refractivity contribution in [2.75, 3.05) is 13.7 Å². The third kappa shape index (κ3) is 4.86. The van der Waals surface area contributed by atoms with Crippen molar-refractivity contribution in [3.8, 4) is 5.75 Å². The number of Topliss-reactive ketones (excluding diaryl/α,β-unsaturated/α-hetero) is 1. The Bertz CT molecular complexity index is 965. The molecule has 2 fully saturated rings. The quantitative estimate of drug-likeness (QED) is 0.339. The van der Waals surface area contributed by atoms with E-state index in [0.29, 0.717) is 26.1 Å². The highest BCUT2D eigenvalue weighted by molar-refractivity contribution is 6.76. The maximum absolute atomic E-state index is 14.4. The fraction of sp³-hybridized carbons (Fsp3) is 0.700. The minimum Gasteiger partial charge on any atom is -0.497 e. The van der Waals surface area contributed by atoms with E-state index in [0.717, 1.165) is 30.2 Å². The average molecular weight is 515 g/mol. The second-order valence-electron chi connectivity index (χ2n) is 13.3. The Hall–Kier alpha value is -1.47. The van der Waals surface area contributed by atoms with E-state index < -0.39 is 25.0 Å². The lowest BCUT2D eigenvalue weighted by molar-refractivity contribution is -0.199. The first-order valence-corrected chi connectivity index (χ1v) is 17.3. The lowest BCUT2D eigenvalue weighted by Crippen LogP contribution is -2.66. The van der Waals surface area contributed by atoms with E-state index in [-0.39, 0.29) is 29.3 Å². The van der Waals surface area contributed by atoms with Crippen LogP contribution in [-0.4, -0.2) is 51.0 Å². The van der Waals surface area contributed by atoms with Gasteiger partial charge in [-0.05, 0) is 60.8 Å². The topological polar surface area (TPSA) is 65.0 Å². The molecule has 4 rings (SSSR count). The van der Waals surface area contributed by atoms with Crippen LogP contribution in [0.5, 0.6) is 5.75 Å². The molecule has 36 heavy (non-hydrogen) atoms. The largest absolute Gasteiger partial charge is 0.497 e. The molecule has 6 heteroatoms. The second kappa shape index (κ2) is 10.0. The minimum absolute atomic E-state index is 0.0228. The molecule has 200 valence electrons. The van der Waals surface area contributed by atoms with Gasteiger partial charge in [-0.15, -0.1) is 0 Å². The first-order valence-electron chi connectivity index (χ1n) is 13.6. The van der Waals surface area contributed by atoms with Crippen molar-refractivity contribution in [1.29, 1.82) is 0 Å². The van der Waals surface area contributed by atoms with E-state index >= 15 is 0 Å². The summed E-state index contributed by atoms with van der Waals surface area (Å²) in [5.41, 5.74) is -0.558. The number of ether oxygens (including phenoxy) is 3. The van der Waals surface area contributed by atoms with E-state index in [2.05, 4.69) is 46.5 Å². The number of fused-ring (bicyclic) bond motifs is 1. The van der Waals surface area contributed by atoms with Crippen LogP contribution >= 0.6 is 0 Å². The molecule has 1 N–H and O–H groups in total. The number of hydrogen-bond acceptors (Lipinski definition) is 5. The van der Waals surface area contributed by atoms with Crippen molar-refractivity contribution < 1.29 is 24.1 Å². The summed E-state index contributed by atoms with van der Waals surface area (Å²) in [6, 6.07) is 9.03. The molecule has 0 aliphatic heterocycles. The van der Waals surface area contributed by atoms with Gasteiger partial charge in [0.2, 0.25) is 0 Å². The first kappa shape index (κ1) is 27.6. The molecule has 2 saturated carbocycles. The molecule has 0 radical (unpaired) electrons. The van der Waals surface area contributed by atoms with Gasteiger partial charge in [-0.25, -0.2) is 0 Å². The van der Waals surface area contributed by atoms with Crippen LogP contribution in [0.3, 0.4) is 0 Å². The molecular weight excluding hydrogens is 468 g/mol. The molecular formula is C30H46O5Si. The van der Waals surface area contributed by atoms with Crippen molar-refractivity contribution in [2.24, 2.45) is 22.2 Å². The number of rotatable bonds is 8. The van der Waals surface area contributed by atoms with Crippen LogP contribution in [0.1, 0.15) is 52.0 Å². The summed E-state index contributed by atoms with van der Waals surface area (Å²) in [6.45, 7) is 14.8. The molecule has 1 aromatic rings. The maximum Gasteiger partial charge on any atom is 0.154 e. The van der Waals surface area contributed by atoms with E-state index in [1.165, 1.54) is 0 Å². The van der Waals surface area contributed by atoms with Crippen molar-refractivity contribution in [2.45, 2.75) is 97.1 Å². The Labute approximate surface area is 218 Å². The molecule has 5 nitrogen and oxygen atoms in total. The Morgan fingerprint density at radius 3 is 2.39 bits per heavy atom. The number of aliphatic hydroxyl groups is 1. The Morgan fingerprint density at radius 1 is 1.06 bits per heavy atom. The predicted molar refractivity (Wildman–Crippen MR) is 146 cm³/mol. The summed E-state index contributed by atoms with van der Waals surface area (Å²) < 4.78 is 18.1. The second-order valence-corrected chi connectivity index (χ2v) is 18.9. The lowest BCUT2D eigenvalue weighted by Gasteiger charge is -2.60. The lowest BCUT2D eigenvalue weighted by atomic mass is 9.45. The summed E-state index contributed by atoms with van der Waals surface area (Å²) in [5.74, 6) is 1.05. The van der Waals surface area contributed by atoms with E-state index in [1.54, 1.807) is 7.11 Å². The first-order chi connectivity index (χ1) is 16.8. The molecule has 0 aromatic heterocycles. The fourth-order valence-electron chi connectivity index (χ4n) is 7.09. The summed E-state index contributed by atoms with van der Waals surface area (Å²) in [5, 5.41) is 11.6. The zero-order valence-corrected chi connectivity index (χ0v) is 24.3. The van der Waals surface area contributed by atoms with Gasteiger partial charge in [-0.2, -0.15) is 0 Å². The van der Waals surface area contributed by atoms with Gasteiger partial charge in [0.15, 0.2) is 5.78 Å². The van der Waals surface area contributed by atoms with Crippen LogP contribution < -0.4 is 4.74 Å². The van der Waals surface area contributed by atoms with E-state index in [4.69, 9.17) is 14.2 Å². The number of ketones is 1. The van der Waals surface area contributed by atoms with Crippen molar-refractivity contribution in [3.63, 3.8) is 0 Å². The van der Waals surface area contributed by atoms with Crippen molar-refractivity contribution in [1.82, 2.24) is 0 Å². The van der Waals surface area contributed by atoms with Gasteiger partial charge in [0.25, 0.3) is 0 Å². The zero-order valence-electron chi connectivity index (χ0n) is 23.3. The number of carbonyl (C=O) groups excluding carboxylic acids is 1. The molecule has 0 unspecified atom stereocenters. The molecule has 6 atom stereocenters. The van der Waals surface area contributed by atoms with Crippen LogP contribution in [0.4, 0.5) is 0 Å². The Kier molecular flexibility index (Phi) is 7.66. The molecule has 1 aromatic carbocycles. The zero-order chi connectivity index (χ0) is 26.4. The fourth-order valence-corrected chi connectivity index (χ4v) is 7.82. The summed E-state index contributed by atoms with van der Waals surface area (Å²) >= 11 is 0. The van der Waals surface area contributed by atoms with Crippen LogP contribution in [-0.2, 0) is 20.9 Å². The molecule has 3 aliphatic carbocycles. The standard InChI is InChI=1S/C30H46O5Si/c1-28(2)23-19-24(31)30(15-8-9-26(30)34-17-18-36(5,6)7)27(32)29(23,3)16-14-25(28)35-20-21-10-12-22(33-4)13-11-21/h8,10-13,15,23-26,31H,9,14,16-20H2,1-7H3/t23-,24+,25+,26-,29-,30-/m1/s1. The van der Waals surface area contributed by atoms with Crippen LogP contribution in [0.25, 0.3) is 0 Å².